The largest absolute Gasteiger partial charge is 0.490 e. The van der Waals surface area contributed by atoms with Gasteiger partial charge in [0.05, 0.1) is 11.9 Å². The van der Waals surface area contributed by atoms with E-state index in [1.165, 1.54) is 18.4 Å². The number of hydrogen-bond donors (Lipinski definition) is 2. The molecule has 2 N–H and O–H groups in total. The van der Waals surface area contributed by atoms with E-state index in [4.69, 9.17) is 4.74 Å². The number of aliphatic imine (C=N–C) groups is 1. The lowest BCUT2D eigenvalue weighted by molar-refractivity contribution is 0.207. The number of nitrogens with one attached hydrogen (secondary N) is 2. The van der Waals surface area contributed by atoms with E-state index in [9.17, 15) is 8.42 Å². The Balaban J connectivity index is 1.51. The fraction of sp³-hybridized carbons (Fsp3) is 0.650. The van der Waals surface area contributed by atoms with Crippen LogP contribution in [0.4, 0.5) is 0 Å². The second-order valence-electron chi connectivity index (χ2n) is 7.56. The highest BCUT2D eigenvalue weighted by atomic mass is 32.2. The van der Waals surface area contributed by atoms with Gasteiger partial charge >= 0.3 is 0 Å². The van der Waals surface area contributed by atoms with Crippen molar-refractivity contribution in [1.29, 1.82) is 0 Å². The molecule has 1 aliphatic carbocycles. The lowest BCUT2D eigenvalue weighted by Crippen LogP contribution is -2.41. The Bertz CT molecular complexity index is 789. The fourth-order valence-corrected chi connectivity index (χ4v) is 5.27. The topological polar surface area (TPSA) is 83.0 Å². The normalized spacial score (nSPS) is 20.4. The van der Waals surface area contributed by atoms with Gasteiger partial charge in [-0.1, -0.05) is 12.1 Å². The van der Waals surface area contributed by atoms with Crippen molar-refractivity contribution in [2.75, 3.05) is 32.4 Å². The lowest BCUT2D eigenvalue weighted by Gasteiger charge is -2.19. The first-order valence-electron chi connectivity index (χ1n) is 10.2. The molecule has 1 aromatic carbocycles. The van der Waals surface area contributed by atoms with Gasteiger partial charge in [-0.2, -0.15) is 0 Å². The van der Waals surface area contributed by atoms with E-state index in [1.807, 2.05) is 0 Å². The molecule has 8 heteroatoms. The summed E-state index contributed by atoms with van der Waals surface area (Å²) in [5.41, 5.74) is 2.29. The third-order valence-corrected chi connectivity index (χ3v) is 7.30. The standard InChI is InChI=1S/C20H32N4O3S/c1-16-8-9-17(19(14-16)27-18-6-3-4-7-18)15-23-20(21-2)22-10-12-24-11-5-13-28(24,25)26/h8-9,14,18H,3-7,10-13,15H2,1-2H3,(H2,21,22,23). The Hall–Kier alpha value is -1.80. The molecule has 1 heterocycles. The molecule has 0 spiro atoms. The quantitative estimate of drug-likeness (QED) is 0.533. The molecule has 1 saturated carbocycles. The third-order valence-electron chi connectivity index (χ3n) is 5.35. The molecule has 1 aliphatic heterocycles. The van der Waals surface area contributed by atoms with Crippen molar-refractivity contribution in [3.63, 3.8) is 0 Å². The molecule has 3 rings (SSSR count). The minimum atomic E-state index is -3.05. The van der Waals surface area contributed by atoms with Gasteiger partial charge in [0.25, 0.3) is 0 Å². The molecule has 0 bridgehead atoms. The SMILES string of the molecule is CN=C(NCCN1CCCS1(=O)=O)NCc1ccc(C)cc1OC1CCCC1. The Morgan fingerprint density at radius 2 is 2.04 bits per heavy atom. The zero-order valence-electron chi connectivity index (χ0n) is 16.9. The maximum absolute atomic E-state index is 11.9. The fourth-order valence-electron chi connectivity index (χ4n) is 3.74. The summed E-state index contributed by atoms with van der Waals surface area (Å²) in [4.78, 5) is 4.24. The molecule has 1 aromatic rings. The number of nitrogens with zero attached hydrogens (tertiary/aromatic N) is 2. The Morgan fingerprint density at radius 3 is 2.71 bits per heavy atom. The molecular formula is C20H32N4O3S. The number of guanidine groups is 1. The molecule has 28 heavy (non-hydrogen) atoms. The summed E-state index contributed by atoms with van der Waals surface area (Å²) >= 11 is 0. The van der Waals surface area contributed by atoms with Crippen LogP contribution >= 0.6 is 0 Å². The Kier molecular flexibility index (Phi) is 7.18. The van der Waals surface area contributed by atoms with Crippen LogP contribution in [0.2, 0.25) is 0 Å². The van der Waals surface area contributed by atoms with Crippen molar-refractivity contribution < 1.29 is 13.2 Å². The number of rotatable bonds is 7. The first-order chi connectivity index (χ1) is 13.5. The van der Waals surface area contributed by atoms with Crippen LogP contribution in [-0.2, 0) is 16.6 Å². The predicted octanol–water partition coefficient (Wildman–Crippen LogP) is 2.02. The Labute approximate surface area is 168 Å². The Morgan fingerprint density at radius 1 is 1.25 bits per heavy atom. The van der Waals surface area contributed by atoms with Crippen LogP contribution in [0.15, 0.2) is 23.2 Å². The maximum atomic E-state index is 11.9. The molecule has 0 atom stereocenters. The van der Waals surface area contributed by atoms with Crippen LogP contribution in [0.1, 0.15) is 43.2 Å². The van der Waals surface area contributed by atoms with Crippen molar-refractivity contribution in [2.45, 2.75) is 51.7 Å². The predicted molar refractivity (Wildman–Crippen MR) is 112 cm³/mol. The van der Waals surface area contributed by atoms with Gasteiger partial charge in [-0.3, -0.25) is 4.99 Å². The molecule has 0 unspecified atom stereocenters. The van der Waals surface area contributed by atoms with Gasteiger partial charge in [0.15, 0.2) is 5.96 Å². The molecule has 7 nitrogen and oxygen atoms in total. The average Bonchev–Trinajstić information content (AvgIpc) is 3.28. The van der Waals surface area contributed by atoms with Crippen molar-refractivity contribution in [2.24, 2.45) is 4.99 Å². The van der Waals surface area contributed by atoms with E-state index in [-0.39, 0.29) is 5.75 Å². The first kappa shape index (κ1) is 20.9. The van der Waals surface area contributed by atoms with Crippen LogP contribution in [-0.4, -0.2) is 57.2 Å². The summed E-state index contributed by atoms with van der Waals surface area (Å²) in [5.74, 6) is 1.86. The monoisotopic (exact) mass is 408 g/mol. The van der Waals surface area contributed by atoms with Gasteiger partial charge in [0.2, 0.25) is 10.0 Å². The number of aryl methyl sites for hydroxylation is 1. The van der Waals surface area contributed by atoms with Gasteiger partial charge in [-0.15, -0.1) is 0 Å². The van der Waals surface area contributed by atoms with Crippen LogP contribution in [0, 0.1) is 6.92 Å². The van der Waals surface area contributed by atoms with Crippen molar-refractivity contribution in [3.8, 4) is 5.75 Å². The van der Waals surface area contributed by atoms with Crippen molar-refractivity contribution in [1.82, 2.24) is 14.9 Å². The number of sulfonamides is 1. The van der Waals surface area contributed by atoms with E-state index >= 15 is 0 Å². The van der Waals surface area contributed by atoms with E-state index in [2.05, 4.69) is 40.7 Å². The minimum Gasteiger partial charge on any atom is -0.490 e. The smallest absolute Gasteiger partial charge is 0.214 e. The van der Waals surface area contributed by atoms with Crippen LogP contribution in [0.3, 0.4) is 0 Å². The summed E-state index contributed by atoms with van der Waals surface area (Å²) in [6.45, 7) is 4.28. The van der Waals surface area contributed by atoms with Crippen molar-refractivity contribution in [3.05, 3.63) is 29.3 Å². The van der Waals surface area contributed by atoms with Crippen LogP contribution in [0.5, 0.6) is 5.75 Å². The molecular weight excluding hydrogens is 376 g/mol. The zero-order chi connectivity index (χ0) is 20.0. The third kappa shape index (κ3) is 5.61. The molecule has 1 saturated heterocycles. The molecule has 0 amide bonds. The number of ether oxygens (including phenoxy) is 1. The maximum Gasteiger partial charge on any atom is 0.214 e. The second kappa shape index (κ2) is 9.60. The molecule has 2 fully saturated rings. The highest BCUT2D eigenvalue weighted by Gasteiger charge is 2.27. The summed E-state index contributed by atoms with van der Waals surface area (Å²) < 4.78 is 31.5. The summed E-state index contributed by atoms with van der Waals surface area (Å²) in [6.07, 6.45) is 5.78. The van der Waals surface area contributed by atoms with Crippen molar-refractivity contribution >= 4 is 16.0 Å². The van der Waals surface area contributed by atoms with Gasteiger partial charge in [-0.05, 0) is 50.7 Å². The minimum absolute atomic E-state index is 0.261. The van der Waals surface area contributed by atoms with E-state index in [1.54, 1.807) is 11.4 Å². The second-order valence-corrected chi connectivity index (χ2v) is 9.65. The van der Waals surface area contributed by atoms with Gasteiger partial charge in [0.1, 0.15) is 5.75 Å². The highest BCUT2D eigenvalue weighted by Crippen LogP contribution is 2.27. The van der Waals surface area contributed by atoms with E-state index in [0.29, 0.717) is 44.7 Å². The number of hydrogen-bond acceptors (Lipinski definition) is 4. The lowest BCUT2D eigenvalue weighted by atomic mass is 10.1. The molecule has 2 aliphatic rings. The average molecular weight is 409 g/mol. The molecule has 0 radical (unpaired) electrons. The van der Waals surface area contributed by atoms with E-state index < -0.39 is 10.0 Å². The van der Waals surface area contributed by atoms with Crippen LogP contribution < -0.4 is 15.4 Å². The van der Waals surface area contributed by atoms with Gasteiger partial charge < -0.3 is 15.4 Å². The summed E-state index contributed by atoms with van der Waals surface area (Å²) in [7, 11) is -1.34. The zero-order valence-corrected chi connectivity index (χ0v) is 17.7. The van der Waals surface area contributed by atoms with Gasteiger partial charge in [-0.25, -0.2) is 12.7 Å². The number of benzene rings is 1. The molecule has 0 aromatic heterocycles. The van der Waals surface area contributed by atoms with Crippen LogP contribution in [0.25, 0.3) is 0 Å². The van der Waals surface area contributed by atoms with Gasteiger partial charge in [0, 0.05) is 38.8 Å². The summed E-state index contributed by atoms with van der Waals surface area (Å²) in [5, 5.41) is 6.51. The van der Waals surface area contributed by atoms with E-state index in [0.717, 1.165) is 24.2 Å². The molecule has 156 valence electrons. The first-order valence-corrected chi connectivity index (χ1v) is 11.8. The summed E-state index contributed by atoms with van der Waals surface area (Å²) in [6, 6.07) is 6.29. The highest BCUT2D eigenvalue weighted by molar-refractivity contribution is 7.89.